The summed E-state index contributed by atoms with van der Waals surface area (Å²) in [7, 11) is 0. The number of nitrogens with zero attached hydrogens (tertiary/aromatic N) is 4. The van der Waals surface area contributed by atoms with E-state index in [0.717, 1.165) is 34.5 Å². The number of aromatic nitrogens is 3. The van der Waals surface area contributed by atoms with Crippen molar-refractivity contribution in [2.24, 2.45) is 0 Å². The molecular formula is C19H20N6O2S. The minimum atomic E-state index is -0.308. The van der Waals surface area contributed by atoms with Gasteiger partial charge in [-0.3, -0.25) is 0 Å². The molecule has 0 atom stereocenters. The van der Waals surface area contributed by atoms with Crippen molar-refractivity contribution in [3.05, 3.63) is 53.7 Å². The molecule has 3 aromatic rings. The first kappa shape index (κ1) is 18.3. The summed E-state index contributed by atoms with van der Waals surface area (Å²) in [5, 5.41) is 15.5. The Morgan fingerprint density at radius 3 is 2.68 bits per heavy atom. The zero-order chi connectivity index (χ0) is 19.2. The molecule has 0 spiro atoms. The lowest BCUT2D eigenvalue weighted by Gasteiger charge is -2.27. The molecule has 3 heterocycles. The number of carbonyl (C=O) groups is 1. The molecule has 28 heavy (non-hydrogen) atoms. The van der Waals surface area contributed by atoms with Crippen molar-refractivity contribution in [1.82, 2.24) is 20.5 Å². The quantitative estimate of drug-likeness (QED) is 0.689. The summed E-state index contributed by atoms with van der Waals surface area (Å²) in [5.74, 6) is 0.886. The van der Waals surface area contributed by atoms with Gasteiger partial charge >= 0.3 is 6.03 Å². The van der Waals surface area contributed by atoms with Gasteiger partial charge in [-0.15, -0.1) is 10.2 Å². The van der Waals surface area contributed by atoms with Crippen LogP contribution in [-0.4, -0.2) is 47.5 Å². The average Bonchev–Trinajstić information content (AvgIpc) is 3.23. The van der Waals surface area contributed by atoms with Crippen molar-refractivity contribution < 1.29 is 9.53 Å². The van der Waals surface area contributed by atoms with Crippen LogP contribution in [0.25, 0.3) is 10.6 Å². The maximum absolute atomic E-state index is 12.1. The molecule has 1 aliphatic heterocycles. The summed E-state index contributed by atoms with van der Waals surface area (Å²) in [6.07, 6.45) is 1.66. The highest BCUT2D eigenvalue weighted by molar-refractivity contribution is 7.14. The summed E-state index contributed by atoms with van der Waals surface area (Å²) < 4.78 is 5.34. The van der Waals surface area contributed by atoms with E-state index in [4.69, 9.17) is 4.74 Å². The maximum atomic E-state index is 12.1. The third kappa shape index (κ3) is 4.62. The van der Waals surface area contributed by atoms with Gasteiger partial charge in [0.25, 0.3) is 0 Å². The molecule has 1 saturated heterocycles. The Labute approximate surface area is 166 Å². The molecule has 8 nitrogen and oxygen atoms in total. The molecule has 1 fully saturated rings. The molecule has 2 N–H and O–H groups in total. The standard InChI is InChI=1S/C19H20N6O2S/c26-19(21-13-17-23-24-18(28-17)14-4-2-1-3-5-14)22-15-6-7-16(20-12-15)25-8-10-27-11-9-25/h1-7,12H,8-11,13H2,(H2,21,22,26). The van der Waals surface area contributed by atoms with Gasteiger partial charge in [-0.05, 0) is 12.1 Å². The lowest BCUT2D eigenvalue weighted by atomic mass is 10.2. The first-order chi connectivity index (χ1) is 13.8. The number of rotatable bonds is 5. The third-order valence-electron chi connectivity index (χ3n) is 4.23. The number of amides is 2. The minimum Gasteiger partial charge on any atom is -0.378 e. The first-order valence-electron chi connectivity index (χ1n) is 8.99. The minimum absolute atomic E-state index is 0.308. The third-order valence-corrected chi connectivity index (χ3v) is 5.20. The van der Waals surface area contributed by atoms with E-state index < -0.39 is 0 Å². The molecule has 0 aliphatic carbocycles. The van der Waals surface area contributed by atoms with E-state index in [1.165, 1.54) is 11.3 Å². The Hall–Kier alpha value is -3.04. The van der Waals surface area contributed by atoms with Gasteiger partial charge in [0.2, 0.25) is 0 Å². The second-order valence-electron chi connectivity index (χ2n) is 6.18. The van der Waals surface area contributed by atoms with Crippen molar-refractivity contribution in [3.8, 4) is 10.6 Å². The summed E-state index contributed by atoms with van der Waals surface area (Å²) in [6, 6.07) is 13.3. The number of anilines is 2. The van der Waals surface area contributed by atoms with Gasteiger partial charge in [-0.2, -0.15) is 0 Å². The molecule has 144 valence electrons. The van der Waals surface area contributed by atoms with Crippen molar-refractivity contribution in [2.75, 3.05) is 36.5 Å². The predicted molar refractivity (Wildman–Crippen MR) is 108 cm³/mol. The molecule has 2 amide bonds. The fourth-order valence-corrected chi connectivity index (χ4v) is 3.58. The van der Waals surface area contributed by atoms with Crippen molar-refractivity contribution >= 4 is 28.9 Å². The highest BCUT2D eigenvalue weighted by Gasteiger charge is 2.12. The number of carbonyl (C=O) groups excluding carboxylic acids is 1. The molecule has 1 aliphatic rings. The second-order valence-corrected chi connectivity index (χ2v) is 7.24. The molecule has 4 rings (SSSR count). The number of nitrogens with one attached hydrogen (secondary N) is 2. The normalized spacial score (nSPS) is 13.9. The molecular weight excluding hydrogens is 376 g/mol. The SMILES string of the molecule is O=C(NCc1nnc(-c2ccccc2)s1)Nc1ccc(N2CCOCC2)nc1. The molecule has 1 aromatic carbocycles. The number of pyridine rings is 1. The van der Waals surface area contributed by atoms with Gasteiger partial charge < -0.3 is 20.3 Å². The number of morpholine rings is 1. The monoisotopic (exact) mass is 396 g/mol. The van der Waals surface area contributed by atoms with Crippen molar-refractivity contribution in [2.45, 2.75) is 6.54 Å². The second kappa shape index (κ2) is 8.77. The molecule has 2 aromatic heterocycles. The number of hydrogen-bond acceptors (Lipinski definition) is 7. The average molecular weight is 396 g/mol. The number of urea groups is 1. The smallest absolute Gasteiger partial charge is 0.319 e. The van der Waals surface area contributed by atoms with Crippen LogP contribution >= 0.6 is 11.3 Å². The van der Waals surface area contributed by atoms with Gasteiger partial charge in [-0.1, -0.05) is 41.7 Å². The Morgan fingerprint density at radius 2 is 1.93 bits per heavy atom. The zero-order valence-electron chi connectivity index (χ0n) is 15.2. The fraction of sp³-hybridized carbons (Fsp3) is 0.263. The van der Waals surface area contributed by atoms with E-state index >= 15 is 0 Å². The van der Waals surface area contributed by atoms with Crippen LogP contribution < -0.4 is 15.5 Å². The molecule has 0 saturated carbocycles. The number of hydrogen-bond donors (Lipinski definition) is 2. The van der Waals surface area contributed by atoms with E-state index in [9.17, 15) is 4.79 Å². The van der Waals surface area contributed by atoms with Crippen molar-refractivity contribution in [3.63, 3.8) is 0 Å². The lowest BCUT2D eigenvalue weighted by molar-refractivity contribution is 0.122. The summed E-state index contributed by atoms with van der Waals surface area (Å²) >= 11 is 1.46. The Balaban J connectivity index is 1.28. The van der Waals surface area contributed by atoms with Gasteiger partial charge in [0.1, 0.15) is 15.8 Å². The predicted octanol–water partition coefficient (Wildman–Crippen LogP) is 2.76. The fourth-order valence-electron chi connectivity index (χ4n) is 2.79. The van der Waals surface area contributed by atoms with Crippen LogP contribution in [0.2, 0.25) is 0 Å². The summed E-state index contributed by atoms with van der Waals surface area (Å²) in [6.45, 7) is 3.39. The summed E-state index contributed by atoms with van der Waals surface area (Å²) in [5.41, 5.74) is 1.65. The summed E-state index contributed by atoms with van der Waals surface area (Å²) in [4.78, 5) is 18.7. The highest BCUT2D eigenvalue weighted by Crippen LogP contribution is 2.22. The van der Waals surface area contributed by atoms with Gasteiger partial charge in [0.05, 0.1) is 31.6 Å². The van der Waals surface area contributed by atoms with Crippen LogP contribution in [0.4, 0.5) is 16.3 Å². The Kier molecular flexibility index (Phi) is 5.74. The highest BCUT2D eigenvalue weighted by atomic mass is 32.1. The number of ether oxygens (including phenoxy) is 1. The first-order valence-corrected chi connectivity index (χ1v) is 9.81. The van der Waals surface area contributed by atoms with E-state index in [-0.39, 0.29) is 6.03 Å². The van der Waals surface area contributed by atoms with Crippen LogP contribution in [0.15, 0.2) is 48.7 Å². The van der Waals surface area contributed by atoms with Gasteiger partial charge in [-0.25, -0.2) is 9.78 Å². The molecule has 0 unspecified atom stereocenters. The van der Waals surface area contributed by atoms with Crippen LogP contribution in [0.5, 0.6) is 0 Å². The van der Waals surface area contributed by atoms with E-state index in [0.29, 0.717) is 25.4 Å². The molecule has 0 radical (unpaired) electrons. The lowest BCUT2D eigenvalue weighted by Crippen LogP contribution is -2.36. The van der Waals surface area contributed by atoms with E-state index in [2.05, 4.69) is 30.7 Å². The van der Waals surface area contributed by atoms with Crippen LogP contribution in [0.3, 0.4) is 0 Å². The number of benzene rings is 1. The van der Waals surface area contributed by atoms with Crippen LogP contribution in [0.1, 0.15) is 5.01 Å². The van der Waals surface area contributed by atoms with Crippen LogP contribution in [-0.2, 0) is 11.3 Å². The van der Waals surface area contributed by atoms with Crippen LogP contribution in [0, 0.1) is 0 Å². The van der Waals surface area contributed by atoms with E-state index in [1.54, 1.807) is 6.20 Å². The van der Waals surface area contributed by atoms with Gasteiger partial charge in [0.15, 0.2) is 0 Å². The van der Waals surface area contributed by atoms with Gasteiger partial charge in [0, 0.05) is 18.7 Å². The molecule has 0 bridgehead atoms. The van der Waals surface area contributed by atoms with Crippen molar-refractivity contribution in [1.29, 1.82) is 0 Å². The van der Waals surface area contributed by atoms with E-state index in [1.807, 2.05) is 42.5 Å². The largest absolute Gasteiger partial charge is 0.378 e. The molecule has 9 heteroatoms. The topological polar surface area (TPSA) is 92.3 Å². The Bertz CT molecular complexity index is 910. The maximum Gasteiger partial charge on any atom is 0.319 e. The zero-order valence-corrected chi connectivity index (χ0v) is 16.0. The Morgan fingerprint density at radius 1 is 1.11 bits per heavy atom.